The molecule has 1 fully saturated rings. The van der Waals surface area contributed by atoms with Crippen LogP contribution in [0.25, 0.3) is 0 Å². The molecule has 1 rings (SSSR count). The van der Waals surface area contributed by atoms with Crippen molar-refractivity contribution < 1.29 is 24.2 Å². The van der Waals surface area contributed by atoms with Crippen LogP contribution < -0.4 is 11.1 Å². The molecule has 0 bridgehead atoms. The van der Waals surface area contributed by atoms with Crippen molar-refractivity contribution in [3.63, 3.8) is 0 Å². The summed E-state index contributed by atoms with van der Waals surface area (Å²) < 4.78 is 5.23. The first-order valence-electron chi connectivity index (χ1n) is 7.13. The third kappa shape index (κ3) is 4.59. The number of nitrogens with two attached hydrogens (primary N) is 1. The number of hydrogen-bond donors (Lipinski definition) is 3. The molecule has 0 spiro atoms. The molecule has 1 aliphatic heterocycles. The maximum absolute atomic E-state index is 12.3. The van der Waals surface area contributed by atoms with Crippen molar-refractivity contribution in [2.24, 2.45) is 5.73 Å². The summed E-state index contributed by atoms with van der Waals surface area (Å²) in [5.41, 5.74) is 3.26. The second-order valence-electron chi connectivity index (χ2n) is 7.02. The zero-order valence-corrected chi connectivity index (χ0v) is 13.7. The molecule has 0 aromatic rings. The number of primary amides is 1. The van der Waals surface area contributed by atoms with E-state index in [4.69, 9.17) is 10.5 Å². The quantitative estimate of drug-likeness (QED) is 0.662. The number of aliphatic hydroxyl groups excluding tert-OH is 1. The van der Waals surface area contributed by atoms with Gasteiger partial charge in [-0.05, 0) is 34.6 Å². The Morgan fingerprint density at radius 3 is 2.23 bits per heavy atom. The number of hydrogen-bond acceptors (Lipinski definition) is 5. The van der Waals surface area contributed by atoms with E-state index in [9.17, 15) is 19.5 Å². The second kappa shape index (κ2) is 6.12. The van der Waals surface area contributed by atoms with Crippen molar-refractivity contribution in [1.29, 1.82) is 0 Å². The van der Waals surface area contributed by atoms with Gasteiger partial charge in [0.2, 0.25) is 11.8 Å². The monoisotopic (exact) mass is 315 g/mol. The highest BCUT2D eigenvalue weighted by Crippen LogP contribution is 2.22. The van der Waals surface area contributed by atoms with Crippen LogP contribution in [0, 0.1) is 0 Å². The lowest BCUT2D eigenvalue weighted by Crippen LogP contribution is -2.58. The van der Waals surface area contributed by atoms with Crippen LogP contribution in [-0.2, 0) is 14.3 Å². The highest BCUT2D eigenvalue weighted by atomic mass is 16.6. The van der Waals surface area contributed by atoms with Gasteiger partial charge in [0.15, 0.2) is 0 Å². The van der Waals surface area contributed by atoms with E-state index in [-0.39, 0.29) is 13.0 Å². The molecule has 3 amide bonds. The first-order valence-corrected chi connectivity index (χ1v) is 7.13. The Hall–Kier alpha value is -1.83. The minimum atomic E-state index is -1.25. The summed E-state index contributed by atoms with van der Waals surface area (Å²) in [6.07, 6.45) is -1.42. The third-order valence-corrected chi connectivity index (χ3v) is 3.26. The number of nitrogens with zero attached hydrogens (tertiary/aromatic N) is 1. The molecule has 1 aliphatic rings. The van der Waals surface area contributed by atoms with Crippen molar-refractivity contribution in [2.75, 3.05) is 6.54 Å². The van der Waals surface area contributed by atoms with Crippen LogP contribution in [0.3, 0.4) is 0 Å². The zero-order chi connectivity index (χ0) is 17.3. The number of carbonyl (C=O) groups excluding carboxylic acids is 3. The lowest BCUT2D eigenvalue weighted by atomic mass is 10.0. The molecular formula is C14H25N3O5. The summed E-state index contributed by atoms with van der Waals surface area (Å²) in [6, 6.07) is -0.900. The Labute approximate surface area is 130 Å². The Morgan fingerprint density at radius 1 is 1.23 bits per heavy atom. The lowest BCUT2D eigenvalue weighted by Gasteiger charge is -2.30. The van der Waals surface area contributed by atoms with Gasteiger partial charge in [-0.3, -0.25) is 14.5 Å². The predicted octanol–water partition coefficient (Wildman–Crippen LogP) is -0.263. The van der Waals surface area contributed by atoms with E-state index in [1.807, 2.05) is 0 Å². The summed E-state index contributed by atoms with van der Waals surface area (Å²) in [4.78, 5) is 36.9. The molecule has 0 unspecified atom stereocenters. The summed E-state index contributed by atoms with van der Waals surface area (Å²) in [6.45, 7) is 8.07. The average molecular weight is 315 g/mol. The van der Waals surface area contributed by atoms with Crippen LogP contribution in [0.5, 0.6) is 0 Å². The SMILES string of the molecule is CC(C)(C)OC(=O)N1C[C@H](O)C[C@H]1C(=O)NC(C)(C)C(N)=O. The molecular weight excluding hydrogens is 290 g/mol. The van der Waals surface area contributed by atoms with Crippen LogP contribution in [-0.4, -0.2) is 57.7 Å². The Bertz CT molecular complexity index is 470. The highest BCUT2D eigenvalue weighted by Gasteiger charge is 2.42. The zero-order valence-electron chi connectivity index (χ0n) is 13.7. The van der Waals surface area contributed by atoms with Crippen molar-refractivity contribution in [3.05, 3.63) is 0 Å². The number of ether oxygens (including phenoxy) is 1. The number of nitrogens with one attached hydrogen (secondary N) is 1. The fourth-order valence-electron chi connectivity index (χ4n) is 2.04. The average Bonchev–Trinajstić information content (AvgIpc) is 2.68. The standard InChI is InChI=1S/C14H25N3O5/c1-13(2,3)22-12(21)17-7-8(18)6-9(17)10(19)16-14(4,5)11(15)20/h8-9,18H,6-7H2,1-5H3,(H2,15,20)(H,16,19)/t8-,9+/m1/s1. The van der Waals surface area contributed by atoms with E-state index in [0.29, 0.717) is 0 Å². The molecule has 0 radical (unpaired) electrons. The Balaban J connectivity index is 2.85. The van der Waals surface area contributed by atoms with Gasteiger partial charge < -0.3 is 20.9 Å². The van der Waals surface area contributed by atoms with E-state index >= 15 is 0 Å². The van der Waals surface area contributed by atoms with E-state index in [1.165, 1.54) is 18.7 Å². The van der Waals surface area contributed by atoms with Crippen molar-refractivity contribution in [2.45, 2.75) is 64.3 Å². The predicted molar refractivity (Wildman–Crippen MR) is 78.8 cm³/mol. The van der Waals surface area contributed by atoms with Gasteiger partial charge in [0.1, 0.15) is 17.2 Å². The first kappa shape index (κ1) is 18.2. The van der Waals surface area contributed by atoms with Gasteiger partial charge in [0.05, 0.1) is 12.6 Å². The van der Waals surface area contributed by atoms with Gasteiger partial charge >= 0.3 is 6.09 Å². The molecule has 0 saturated carbocycles. The minimum absolute atomic E-state index is 0.00397. The molecule has 126 valence electrons. The maximum atomic E-state index is 12.3. The smallest absolute Gasteiger partial charge is 0.411 e. The van der Waals surface area contributed by atoms with Gasteiger partial charge in [0.25, 0.3) is 0 Å². The summed E-state index contributed by atoms with van der Waals surface area (Å²) in [7, 11) is 0. The molecule has 0 aliphatic carbocycles. The topological polar surface area (TPSA) is 122 Å². The number of rotatable bonds is 3. The highest BCUT2D eigenvalue weighted by molar-refractivity contribution is 5.93. The van der Waals surface area contributed by atoms with Crippen LogP contribution >= 0.6 is 0 Å². The normalized spacial score (nSPS) is 22.4. The number of β-amino-alcohol motifs (C(OH)–C–C–N with tert-alkyl or cyclic N) is 1. The van der Waals surface area contributed by atoms with Crippen LogP contribution in [0.1, 0.15) is 41.0 Å². The first-order chi connectivity index (χ1) is 9.83. The van der Waals surface area contributed by atoms with E-state index in [2.05, 4.69) is 5.32 Å². The summed E-state index contributed by atoms with van der Waals surface area (Å²) in [5, 5.41) is 12.2. The second-order valence-corrected chi connectivity index (χ2v) is 7.02. The molecule has 8 heteroatoms. The van der Waals surface area contributed by atoms with Crippen molar-refractivity contribution >= 4 is 17.9 Å². The lowest BCUT2D eigenvalue weighted by molar-refractivity contribution is -0.132. The molecule has 1 saturated heterocycles. The van der Waals surface area contributed by atoms with Crippen LogP contribution in [0.15, 0.2) is 0 Å². The summed E-state index contributed by atoms with van der Waals surface area (Å²) in [5.74, 6) is -1.24. The molecule has 0 aromatic carbocycles. The maximum Gasteiger partial charge on any atom is 0.411 e. The van der Waals surface area contributed by atoms with Gasteiger partial charge in [0, 0.05) is 6.42 Å². The fraction of sp³-hybridized carbons (Fsp3) is 0.786. The number of carbonyl (C=O) groups is 3. The van der Waals surface area contributed by atoms with Gasteiger partial charge in [-0.15, -0.1) is 0 Å². The number of likely N-dealkylation sites (tertiary alicyclic amines) is 1. The number of aliphatic hydroxyl groups is 1. The van der Waals surface area contributed by atoms with Crippen molar-refractivity contribution in [3.8, 4) is 0 Å². The number of amides is 3. The van der Waals surface area contributed by atoms with Gasteiger partial charge in [-0.2, -0.15) is 0 Å². The molecule has 8 nitrogen and oxygen atoms in total. The van der Waals surface area contributed by atoms with Crippen LogP contribution in [0.4, 0.5) is 4.79 Å². The molecule has 1 heterocycles. The minimum Gasteiger partial charge on any atom is -0.444 e. The Kier molecular flexibility index (Phi) is 5.06. The van der Waals surface area contributed by atoms with E-state index in [1.54, 1.807) is 20.8 Å². The van der Waals surface area contributed by atoms with Gasteiger partial charge in [-0.25, -0.2) is 4.79 Å². The van der Waals surface area contributed by atoms with Gasteiger partial charge in [-0.1, -0.05) is 0 Å². The molecule has 4 N–H and O–H groups in total. The van der Waals surface area contributed by atoms with Crippen molar-refractivity contribution in [1.82, 2.24) is 10.2 Å². The molecule has 0 aromatic heterocycles. The Morgan fingerprint density at radius 2 is 1.77 bits per heavy atom. The molecule has 2 atom stereocenters. The van der Waals surface area contributed by atoms with E-state index in [0.717, 1.165) is 0 Å². The van der Waals surface area contributed by atoms with E-state index < -0.39 is 41.2 Å². The molecule has 22 heavy (non-hydrogen) atoms. The fourth-order valence-corrected chi connectivity index (χ4v) is 2.04. The largest absolute Gasteiger partial charge is 0.444 e. The van der Waals surface area contributed by atoms with Crippen LogP contribution in [0.2, 0.25) is 0 Å². The third-order valence-electron chi connectivity index (χ3n) is 3.26. The summed E-state index contributed by atoms with van der Waals surface area (Å²) >= 11 is 0.